The van der Waals surface area contributed by atoms with Gasteiger partial charge in [-0.1, -0.05) is 6.92 Å². The Balaban J connectivity index is 1.91. The Labute approximate surface area is 156 Å². The van der Waals surface area contributed by atoms with Crippen LogP contribution in [0.15, 0.2) is 40.6 Å². The summed E-state index contributed by atoms with van der Waals surface area (Å²) in [5.74, 6) is -0.953. The van der Waals surface area contributed by atoms with Gasteiger partial charge in [0.1, 0.15) is 4.21 Å². The standard InChI is InChI=1S/C17H20N2O5S2/c1-3-14-9-10-16(25-14)26(22,23)18-11-15(20)19-13-7-5-12(6-8-13)17(21)24-4-2/h5-10,18H,3-4,11H2,1-2H3,(H,19,20). The summed E-state index contributed by atoms with van der Waals surface area (Å²) in [6.07, 6.45) is 0.752. The average Bonchev–Trinajstić information content (AvgIpc) is 3.11. The molecule has 0 atom stereocenters. The van der Waals surface area contributed by atoms with Crippen LogP contribution in [0.2, 0.25) is 0 Å². The molecule has 2 N–H and O–H groups in total. The molecule has 0 saturated heterocycles. The molecule has 1 aromatic heterocycles. The molecule has 1 amide bonds. The van der Waals surface area contributed by atoms with E-state index in [9.17, 15) is 18.0 Å². The molecule has 2 aromatic rings. The number of hydrogen-bond acceptors (Lipinski definition) is 6. The number of esters is 1. The minimum Gasteiger partial charge on any atom is -0.462 e. The van der Waals surface area contributed by atoms with Crippen LogP contribution in [-0.2, 0) is 26.0 Å². The number of anilines is 1. The van der Waals surface area contributed by atoms with Gasteiger partial charge in [-0.15, -0.1) is 11.3 Å². The molecule has 1 heterocycles. The molecule has 26 heavy (non-hydrogen) atoms. The molecule has 0 bridgehead atoms. The maximum Gasteiger partial charge on any atom is 0.338 e. The molecule has 0 spiro atoms. The number of sulfonamides is 1. The van der Waals surface area contributed by atoms with Gasteiger partial charge in [-0.05, 0) is 49.7 Å². The van der Waals surface area contributed by atoms with Gasteiger partial charge in [0.05, 0.1) is 18.7 Å². The lowest BCUT2D eigenvalue weighted by molar-refractivity contribution is -0.115. The van der Waals surface area contributed by atoms with Crippen LogP contribution >= 0.6 is 11.3 Å². The van der Waals surface area contributed by atoms with Crippen LogP contribution in [0, 0.1) is 0 Å². The summed E-state index contributed by atoms with van der Waals surface area (Å²) in [6, 6.07) is 9.42. The van der Waals surface area contributed by atoms with Crippen molar-refractivity contribution in [3.05, 3.63) is 46.8 Å². The van der Waals surface area contributed by atoms with Gasteiger partial charge >= 0.3 is 5.97 Å². The number of ether oxygens (including phenoxy) is 1. The number of rotatable bonds is 8. The molecule has 1 aromatic carbocycles. The van der Waals surface area contributed by atoms with Crippen LogP contribution in [0.25, 0.3) is 0 Å². The summed E-state index contributed by atoms with van der Waals surface area (Å²) < 4.78 is 31.7. The third-order valence-corrected chi connectivity index (χ3v) is 6.48. The van der Waals surface area contributed by atoms with Crippen LogP contribution in [0.1, 0.15) is 29.1 Å². The van der Waals surface area contributed by atoms with E-state index in [1.54, 1.807) is 25.1 Å². The Kier molecular flexibility index (Phi) is 6.90. The molecule has 7 nitrogen and oxygen atoms in total. The fourth-order valence-electron chi connectivity index (χ4n) is 2.03. The molecule has 2 rings (SSSR count). The maximum atomic E-state index is 12.2. The molecule has 0 radical (unpaired) electrons. The first-order valence-electron chi connectivity index (χ1n) is 8.01. The third-order valence-electron chi connectivity index (χ3n) is 3.35. The van der Waals surface area contributed by atoms with Gasteiger partial charge in [-0.3, -0.25) is 4.79 Å². The van der Waals surface area contributed by atoms with Gasteiger partial charge in [-0.25, -0.2) is 17.9 Å². The maximum absolute atomic E-state index is 12.2. The first-order valence-corrected chi connectivity index (χ1v) is 10.3. The summed E-state index contributed by atoms with van der Waals surface area (Å²) in [7, 11) is -3.71. The highest BCUT2D eigenvalue weighted by Gasteiger charge is 2.18. The zero-order valence-corrected chi connectivity index (χ0v) is 16.1. The normalized spacial score (nSPS) is 11.2. The van der Waals surface area contributed by atoms with Crippen molar-refractivity contribution in [1.82, 2.24) is 4.72 Å². The molecule has 0 aliphatic rings. The Morgan fingerprint density at radius 1 is 1.08 bits per heavy atom. The number of amides is 1. The number of carbonyl (C=O) groups excluding carboxylic acids is 2. The minimum atomic E-state index is -3.71. The lowest BCUT2D eigenvalue weighted by atomic mass is 10.2. The summed E-state index contributed by atoms with van der Waals surface area (Å²) in [4.78, 5) is 24.5. The van der Waals surface area contributed by atoms with Gasteiger partial charge in [0.25, 0.3) is 10.0 Å². The number of carbonyl (C=O) groups is 2. The van der Waals surface area contributed by atoms with Gasteiger partial charge < -0.3 is 10.1 Å². The molecule has 9 heteroatoms. The van der Waals surface area contributed by atoms with Crippen LogP contribution in [0.5, 0.6) is 0 Å². The highest BCUT2D eigenvalue weighted by Crippen LogP contribution is 2.21. The third kappa shape index (κ3) is 5.38. The van der Waals surface area contributed by atoms with E-state index in [1.165, 1.54) is 29.5 Å². The highest BCUT2D eigenvalue weighted by molar-refractivity contribution is 7.91. The van der Waals surface area contributed by atoms with Crippen LogP contribution in [0.4, 0.5) is 5.69 Å². The van der Waals surface area contributed by atoms with Crippen molar-refractivity contribution in [1.29, 1.82) is 0 Å². The predicted molar refractivity (Wildman–Crippen MR) is 99.9 cm³/mol. The van der Waals surface area contributed by atoms with Crippen LogP contribution < -0.4 is 10.0 Å². The van der Waals surface area contributed by atoms with E-state index in [0.717, 1.165) is 11.3 Å². The summed E-state index contributed by atoms with van der Waals surface area (Å²) in [5, 5.41) is 2.57. The molecule has 0 aliphatic heterocycles. The van der Waals surface area contributed by atoms with Crippen molar-refractivity contribution >= 4 is 38.9 Å². The van der Waals surface area contributed by atoms with Crippen LogP contribution in [0.3, 0.4) is 0 Å². The van der Waals surface area contributed by atoms with E-state index < -0.39 is 21.9 Å². The van der Waals surface area contributed by atoms with Gasteiger partial charge in [0.15, 0.2) is 0 Å². The van der Waals surface area contributed by atoms with Crippen molar-refractivity contribution in [2.24, 2.45) is 0 Å². The minimum absolute atomic E-state index is 0.181. The molecule has 0 aliphatic carbocycles. The number of aryl methyl sites for hydroxylation is 1. The molecule has 140 valence electrons. The molecule has 0 unspecified atom stereocenters. The zero-order chi connectivity index (χ0) is 19.2. The van der Waals surface area contributed by atoms with E-state index in [1.807, 2.05) is 6.92 Å². The zero-order valence-electron chi connectivity index (χ0n) is 14.4. The van der Waals surface area contributed by atoms with E-state index in [2.05, 4.69) is 10.0 Å². The molecular weight excluding hydrogens is 376 g/mol. The smallest absolute Gasteiger partial charge is 0.338 e. The first kappa shape index (κ1) is 20.1. The topological polar surface area (TPSA) is 102 Å². The molecule has 0 fully saturated rings. The Hall–Kier alpha value is -2.23. The van der Waals surface area contributed by atoms with E-state index in [-0.39, 0.29) is 17.4 Å². The second-order valence-corrected chi connectivity index (χ2v) is 8.41. The Morgan fingerprint density at radius 3 is 2.35 bits per heavy atom. The molecule has 0 saturated carbocycles. The highest BCUT2D eigenvalue weighted by atomic mass is 32.2. The summed E-state index contributed by atoms with van der Waals surface area (Å²) in [5.41, 5.74) is 0.821. The fraction of sp³-hybridized carbons (Fsp3) is 0.294. The van der Waals surface area contributed by atoms with Gasteiger partial charge in [0, 0.05) is 10.6 Å². The largest absolute Gasteiger partial charge is 0.462 e. The summed E-state index contributed by atoms with van der Waals surface area (Å²) in [6.45, 7) is 3.55. The van der Waals surface area contributed by atoms with Crippen molar-refractivity contribution < 1.29 is 22.7 Å². The quantitative estimate of drug-likeness (QED) is 0.667. The lowest BCUT2D eigenvalue weighted by Gasteiger charge is -2.07. The number of hydrogen-bond donors (Lipinski definition) is 2. The Bertz CT molecular complexity index is 873. The lowest BCUT2D eigenvalue weighted by Crippen LogP contribution is -2.32. The van der Waals surface area contributed by atoms with E-state index in [4.69, 9.17) is 4.74 Å². The molecular formula is C17H20N2O5S2. The van der Waals surface area contributed by atoms with Crippen molar-refractivity contribution in [2.45, 2.75) is 24.5 Å². The van der Waals surface area contributed by atoms with Crippen molar-refractivity contribution in [2.75, 3.05) is 18.5 Å². The van der Waals surface area contributed by atoms with E-state index in [0.29, 0.717) is 11.3 Å². The van der Waals surface area contributed by atoms with Gasteiger partial charge in [0.2, 0.25) is 5.91 Å². The van der Waals surface area contributed by atoms with Gasteiger partial charge in [-0.2, -0.15) is 0 Å². The predicted octanol–water partition coefficient (Wildman–Crippen LogP) is 2.40. The van der Waals surface area contributed by atoms with Crippen molar-refractivity contribution in [3.63, 3.8) is 0 Å². The fourth-order valence-corrected chi connectivity index (χ4v) is 4.36. The monoisotopic (exact) mass is 396 g/mol. The van der Waals surface area contributed by atoms with E-state index >= 15 is 0 Å². The number of nitrogens with one attached hydrogen (secondary N) is 2. The average molecular weight is 396 g/mol. The van der Waals surface area contributed by atoms with Crippen molar-refractivity contribution in [3.8, 4) is 0 Å². The first-order chi connectivity index (χ1) is 12.4. The second-order valence-electron chi connectivity index (χ2n) is 5.24. The SMILES string of the molecule is CCOC(=O)c1ccc(NC(=O)CNS(=O)(=O)c2ccc(CC)s2)cc1. The number of thiophene rings is 1. The number of benzene rings is 1. The second kappa shape index (κ2) is 8.93. The van der Waals surface area contributed by atoms with Crippen LogP contribution in [-0.4, -0.2) is 33.4 Å². The Morgan fingerprint density at radius 2 is 1.77 bits per heavy atom. The summed E-state index contributed by atoms with van der Waals surface area (Å²) >= 11 is 1.18.